The third-order valence-electron chi connectivity index (χ3n) is 4.73. The van der Waals surface area contributed by atoms with Crippen LogP contribution in [0.3, 0.4) is 0 Å². The van der Waals surface area contributed by atoms with Crippen molar-refractivity contribution in [2.24, 2.45) is 0 Å². The first kappa shape index (κ1) is 17.1. The molecule has 1 N–H and O–H groups in total. The minimum Gasteiger partial charge on any atom is -0.465 e. The number of aromatic nitrogens is 2. The Labute approximate surface area is 144 Å². The monoisotopic (exact) mass is 349 g/mol. The number of esters is 1. The maximum atomic E-state index is 12.6. The van der Waals surface area contributed by atoms with Crippen molar-refractivity contribution in [2.75, 3.05) is 13.7 Å². The molecule has 1 aliphatic rings. The number of methoxy groups -OCH3 is 1. The largest absolute Gasteiger partial charge is 0.465 e. The highest BCUT2D eigenvalue weighted by Gasteiger charge is 2.23. The molecular weight excluding hydrogens is 326 g/mol. The molecule has 1 saturated heterocycles. The number of thiophene rings is 1. The van der Waals surface area contributed by atoms with Crippen molar-refractivity contribution < 1.29 is 9.53 Å². The van der Waals surface area contributed by atoms with Gasteiger partial charge in [-0.2, -0.15) is 0 Å². The molecule has 1 aliphatic heterocycles. The lowest BCUT2D eigenvalue weighted by Gasteiger charge is -2.32. The molecule has 1 fully saturated rings. The van der Waals surface area contributed by atoms with Gasteiger partial charge in [-0.15, -0.1) is 11.3 Å². The van der Waals surface area contributed by atoms with Crippen molar-refractivity contribution in [1.82, 2.24) is 14.9 Å². The predicted octanol–water partition coefficient (Wildman–Crippen LogP) is 2.71. The molecule has 0 unspecified atom stereocenters. The quantitative estimate of drug-likeness (QED) is 0.859. The highest BCUT2D eigenvalue weighted by atomic mass is 32.1. The van der Waals surface area contributed by atoms with Crippen molar-refractivity contribution >= 4 is 27.5 Å². The zero-order valence-corrected chi connectivity index (χ0v) is 15.2. The van der Waals surface area contributed by atoms with E-state index < -0.39 is 5.97 Å². The molecule has 2 aromatic heterocycles. The number of aromatic amines is 1. The molecule has 1 atom stereocenters. The number of aryl methyl sites for hydroxylation is 1. The minimum absolute atomic E-state index is 0.164. The lowest BCUT2D eigenvalue weighted by molar-refractivity contribution is 0.0605. The Kier molecular flexibility index (Phi) is 5.01. The van der Waals surface area contributed by atoms with Crippen LogP contribution in [0.1, 0.15) is 54.2 Å². The minimum atomic E-state index is -0.402. The van der Waals surface area contributed by atoms with Gasteiger partial charge in [0, 0.05) is 6.04 Å². The molecular formula is C17H23N3O3S. The third kappa shape index (κ3) is 3.10. The van der Waals surface area contributed by atoms with Crippen molar-refractivity contribution in [3.8, 4) is 0 Å². The molecule has 0 saturated carbocycles. The predicted molar refractivity (Wildman–Crippen MR) is 94.7 cm³/mol. The Hall–Kier alpha value is -1.73. The van der Waals surface area contributed by atoms with Gasteiger partial charge < -0.3 is 9.72 Å². The van der Waals surface area contributed by atoms with Gasteiger partial charge in [0.15, 0.2) is 0 Å². The molecule has 0 radical (unpaired) electrons. The normalized spacial score (nSPS) is 18.9. The number of rotatable bonds is 4. The van der Waals surface area contributed by atoms with Crippen molar-refractivity contribution in [2.45, 2.75) is 52.1 Å². The second-order valence-electron chi connectivity index (χ2n) is 6.26. The van der Waals surface area contributed by atoms with E-state index in [-0.39, 0.29) is 5.56 Å². The van der Waals surface area contributed by atoms with Crippen LogP contribution < -0.4 is 5.56 Å². The summed E-state index contributed by atoms with van der Waals surface area (Å²) in [5.41, 5.74) is 0.566. The molecule has 0 spiro atoms. The van der Waals surface area contributed by atoms with Crippen LogP contribution >= 0.6 is 11.3 Å². The number of nitrogens with one attached hydrogen (secondary N) is 1. The molecule has 6 nitrogen and oxygen atoms in total. The van der Waals surface area contributed by atoms with E-state index in [1.807, 2.05) is 6.92 Å². The van der Waals surface area contributed by atoms with Gasteiger partial charge in [0.25, 0.3) is 5.56 Å². The fraction of sp³-hybridized carbons (Fsp3) is 0.588. The van der Waals surface area contributed by atoms with E-state index in [1.165, 1.54) is 37.7 Å². The zero-order valence-electron chi connectivity index (χ0n) is 14.3. The van der Waals surface area contributed by atoms with Gasteiger partial charge in [0.1, 0.15) is 15.5 Å². The lowest BCUT2D eigenvalue weighted by Crippen LogP contribution is -2.37. The van der Waals surface area contributed by atoms with Gasteiger partial charge in [-0.05, 0) is 38.3 Å². The summed E-state index contributed by atoms with van der Waals surface area (Å²) in [7, 11) is 1.35. The van der Waals surface area contributed by atoms with Gasteiger partial charge in [0.05, 0.1) is 19.0 Å². The average Bonchev–Trinajstić information content (AvgIpc) is 2.95. The van der Waals surface area contributed by atoms with Crippen molar-refractivity contribution in [3.63, 3.8) is 0 Å². The number of piperidine rings is 1. The number of fused-ring (bicyclic) bond motifs is 1. The first-order chi connectivity index (χ1) is 11.5. The number of H-pyrrole nitrogens is 1. The zero-order chi connectivity index (χ0) is 17.3. The van der Waals surface area contributed by atoms with Crippen molar-refractivity contribution in [3.05, 3.63) is 26.6 Å². The highest BCUT2D eigenvalue weighted by Crippen LogP contribution is 2.29. The SMILES string of the molecule is CCc1c(C(=O)OC)sc2nc(CN3CCCC[C@@H]3C)[nH]c(=O)c12. The van der Waals surface area contributed by atoms with E-state index in [0.29, 0.717) is 39.9 Å². The topological polar surface area (TPSA) is 75.3 Å². The Morgan fingerprint density at radius 3 is 2.92 bits per heavy atom. The van der Waals surface area contributed by atoms with Crippen molar-refractivity contribution in [1.29, 1.82) is 0 Å². The molecule has 130 valence electrons. The molecule has 2 aromatic rings. The summed E-state index contributed by atoms with van der Waals surface area (Å²) in [6, 6.07) is 0.500. The number of carbonyl (C=O) groups is 1. The van der Waals surface area contributed by atoms with Gasteiger partial charge in [-0.25, -0.2) is 9.78 Å². The fourth-order valence-corrected chi connectivity index (χ4v) is 4.57. The number of ether oxygens (including phenoxy) is 1. The number of likely N-dealkylation sites (tertiary alicyclic amines) is 1. The summed E-state index contributed by atoms with van der Waals surface area (Å²) in [5, 5.41) is 0.526. The average molecular weight is 349 g/mol. The number of nitrogens with zero attached hydrogens (tertiary/aromatic N) is 2. The Morgan fingerprint density at radius 2 is 2.25 bits per heavy atom. The van der Waals surface area contributed by atoms with Gasteiger partial charge in [-0.3, -0.25) is 9.69 Å². The maximum absolute atomic E-state index is 12.6. The van der Waals surface area contributed by atoms with Crippen LogP contribution in [-0.2, 0) is 17.7 Å². The van der Waals surface area contributed by atoms with E-state index >= 15 is 0 Å². The Bertz CT molecular complexity index is 811. The molecule has 0 amide bonds. The second-order valence-corrected chi connectivity index (χ2v) is 7.26. The number of carbonyl (C=O) groups excluding carboxylic acids is 1. The van der Waals surface area contributed by atoms with Crippen LogP contribution in [-0.4, -0.2) is 40.5 Å². The van der Waals surface area contributed by atoms with E-state index in [2.05, 4.69) is 21.8 Å². The van der Waals surface area contributed by atoms with Gasteiger partial charge >= 0.3 is 5.97 Å². The van der Waals surface area contributed by atoms with E-state index in [0.717, 1.165) is 12.1 Å². The smallest absolute Gasteiger partial charge is 0.348 e. The van der Waals surface area contributed by atoms with E-state index in [1.54, 1.807) is 0 Å². The summed E-state index contributed by atoms with van der Waals surface area (Å²) >= 11 is 1.25. The number of hydrogen-bond acceptors (Lipinski definition) is 6. The fourth-order valence-electron chi connectivity index (χ4n) is 3.36. The van der Waals surface area contributed by atoms with E-state index in [9.17, 15) is 9.59 Å². The summed E-state index contributed by atoms with van der Waals surface area (Å²) < 4.78 is 4.84. The summed E-state index contributed by atoms with van der Waals surface area (Å²) in [5.74, 6) is 0.266. The van der Waals surface area contributed by atoms with E-state index in [4.69, 9.17) is 4.74 Å². The third-order valence-corrected chi connectivity index (χ3v) is 5.83. The summed E-state index contributed by atoms with van der Waals surface area (Å²) in [6.45, 7) is 5.81. The summed E-state index contributed by atoms with van der Waals surface area (Å²) in [4.78, 5) is 35.5. The van der Waals surface area contributed by atoms with Gasteiger partial charge in [-0.1, -0.05) is 13.3 Å². The first-order valence-corrected chi connectivity index (χ1v) is 9.23. The highest BCUT2D eigenvalue weighted by molar-refractivity contribution is 7.20. The van der Waals surface area contributed by atoms with Crippen LogP contribution in [0.4, 0.5) is 0 Å². The van der Waals surface area contributed by atoms with Crippen LogP contribution in [0.25, 0.3) is 10.2 Å². The first-order valence-electron chi connectivity index (χ1n) is 8.42. The molecule has 3 rings (SSSR count). The molecule has 24 heavy (non-hydrogen) atoms. The van der Waals surface area contributed by atoms with Gasteiger partial charge in [0.2, 0.25) is 0 Å². The second kappa shape index (κ2) is 7.03. The maximum Gasteiger partial charge on any atom is 0.348 e. The Morgan fingerprint density at radius 1 is 1.46 bits per heavy atom. The van der Waals surface area contributed by atoms with Crippen LogP contribution in [0.5, 0.6) is 0 Å². The van der Waals surface area contributed by atoms with Crippen LogP contribution in [0.2, 0.25) is 0 Å². The van der Waals surface area contributed by atoms with Crippen LogP contribution in [0, 0.1) is 0 Å². The molecule has 0 aromatic carbocycles. The van der Waals surface area contributed by atoms with Crippen LogP contribution in [0.15, 0.2) is 4.79 Å². The molecule has 7 heteroatoms. The molecule has 3 heterocycles. The number of hydrogen-bond donors (Lipinski definition) is 1. The molecule has 0 bridgehead atoms. The standard InChI is InChI=1S/C17H23N3O3S/c1-4-11-13-15(21)18-12(9-20-8-6-5-7-10(20)2)19-16(13)24-14(11)17(22)23-3/h10H,4-9H2,1-3H3,(H,18,19,21)/t10-/m0/s1. The molecule has 0 aliphatic carbocycles. The summed E-state index contributed by atoms with van der Waals surface area (Å²) in [6.07, 6.45) is 4.21. The Balaban J connectivity index is 2.00. The lowest BCUT2D eigenvalue weighted by atomic mass is 10.0.